The van der Waals surface area contributed by atoms with Crippen LogP contribution in [-0.4, -0.2) is 27.0 Å². The first-order valence-corrected chi connectivity index (χ1v) is 14.1. The number of rotatable bonds is 6. The molecule has 3 aromatic carbocycles. The number of thioether (sulfide) groups is 1. The molecule has 1 aromatic heterocycles. The maximum atomic E-state index is 13.4. The lowest BCUT2D eigenvalue weighted by molar-refractivity contribution is -0.132. The van der Waals surface area contributed by atoms with Crippen molar-refractivity contribution < 1.29 is 14.7 Å². The standard InChI is InChI=1S/C28H22BrN3O3S2/c1-16-11-12-17(2)21(13-16)24(33)22-23(19-9-6-10-20(29)14-19)32(26(35)25(22)34)27-30-31-28(37-27)36-15-18-7-4-3-5-8-18/h3-14,23,33H,15H2,1-2H3/b24-22+. The lowest BCUT2D eigenvalue weighted by Gasteiger charge is -2.23. The van der Waals surface area contributed by atoms with Crippen molar-refractivity contribution in [3.63, 3.8) is 0 Å². The van der Waals surface area contributed by atoms with Crippen LogP contribution in [0.2, 0.25) is 0 Å². The summed E-state index contributed by atoms with van der Waals surface area (Å²) in [5.41, 5.74) is 4.11. The first kappa shape index (κ1) is 25.4. The molecule has 1 unspecified atom stereocenters. The Morgan fingerprint density at radius 1 is 1.03 bits per heavy atom. The largest absolute Gasteiger partial charge is 0.507 e. The van der Waals surface area contributed by atoms with E-state index in [4.69, 9.17) is 0 Å². The molecule has 1 amide bonds. The normalized spacial score (nSPS) is 16.9. The molecule has 9 heteroatoms. The fourth-order valence-electron chi connectivity index (χ4n) is 4.24. The van der Waals surface area contributed by atoms with Gasteiger partial charge in [0.1, 0.15) is 5.76 Å². The minimum atomic E-state index is -0.850. The van der Waals surface area contributed by atoms with Gasteiger partial charge in [-0.25, -0.2) is 0 Å². The fourth-order valence-corrected chi connectivity index (χ4v) is 6.48. The average Bonchev–Trinajstić information content (AvgIpc) is 3.46. The number of hydrogen-bond acceptors (Lipinski definition) is 7. The van der Waals surface area contributed by atoms with Crippen molar-refractivity contribution >= 4 is 61.6 Å². The van der Waals surface area contributed by atoms with E-state index in [1.54, 1.807) is 0 Å². The molecule has 6 nitrogen and oxygen atoms in total. The Bertz CT molecular complexity index is 1530. The molecule has 0 bridgehead atoms. The summed E-state index contributed by atoms with van der Waals surface area (Å²) in [6.45, 7) is 3.77. The number of Topliss-reactive ketones (excluding diaryl/α,β-unsaturated/α-hetero) is 1. The summed E-state index contributed by atoms with van der Waals surface area (Å²) in [4.78, 5) is 28.2. The van der Waals surface area contributed by atoms with Crippen LogP contribution in [-0.2, 0) is 15.3 Å². The van der Waals surface area contributed by atoms with Crippen LogP contribution in [0, 0.1) is 13.8 Å². The second-order valence-corrected chi connectivity index (χ2v) is 11.8. The first-order chi connectivity index (χ1) is 17.8. The Labute approximate surface area is 231 Å². The van der Waals surface area contributed by atoms with Crippen molar-refractivity contribution in [1.82, 2.24) is 10.2 Å². The molecule has 5 rings (SSSR count). The number of nitrogens with zero attached hydrogens (tertiary/aromatic N) is 3. The topological polar surface area (TPSA) is 83.4 Å². The zero-order valence-corrected chi connectivity index (χ0v) is 23.2. The van der Waals surface area contributed by atoms with Gasteiger partial charge < -0.3 is 5.11 Å². The number of ketones is 1. The number of aromatic nitrogens is 2. The van der Waals surface area contributed by atoms with Crippen LogP contribution in [0.5, 0.6) is 0 Å². The third-order valence-corrected chi connectivity index (χ3v) is 8.68. The van der Waals surface area contributed by atoms with E-state index in [1.807, 2.05) is 86.6 Å². The number of halogens is 1. The van der Waals surface area contributed by atoms with E-state index in [0.717, 1.165) is 21.2 Å². The summed E-state index contributed by atoms with van der Waals surface area (Å²) in [6, 6.07) is 22.2. The van der Waals surface area contributed by atoms with Gasteiger partial charge in [0.2, 0.25) is 5.13 Å². The number of aryl methyl sites for hydroxylation is 2. The van der Waals surface area contributed by atoms with Crippen molar-refractivity contribution in [1.29, 1.82) is 0 Å². The number of aliphatic hydroxyl groups excluding tert-OH is 1. The second-order valence-electron chi connectivity index (χ2n) is 8.67. The van der Waals surface area contributed by atoms with Gasteiger partial charge in [-0.1, -0.05) is 99.2 Å². The third-order valence-electron chi connectivity index (χ3n) is 6.06. The lowest BCUT2D eigenvalue weighted by atomic mass is 9.93. The van der Waals surface area contributed by atoms with Gasteiger partial charge in [-0.2, -0.15) is 0 Å². The predicted molar refractivity (Wildman–Crippen MR) is 151 cm³/mol. The molecule has 1 aliphatic rings. The molecule has 2 heterocycles. The second kappa shape index (κ2) is 10.6. The van der Waals surface area contributed by atoms with Crippen LogP contribution in [0.25, 0.3) is 5.76 Å². The van der Waals surface area contributed by atoms with Crippen molar-refractivity contribution in [2.75, 3.05) is 4.90 Å². The average molecular weight is 593 g/mol. The molecule has 1 atom stereocenters. The zero-order chi connectivity index (χ0) is 26.1. The number of aliphatic hydroxyl groups is 1. The van der Waals surface area contributed by atoms with Crippen LogP contribution in [0.3, 0.4) is 0 Å². The smallest absolute Gasteiger partial charge is 0.301 e. The van der Waals surface area contributed by atoms with Crippen molar-refractivity contribution in [2.24, 2.45) is 0 Å². The van der Waals surface area contributed by atoms with E-state index in [9.17, 15) is 14.7 Å². The van der Waals surface area contributed by atoms with Gasteiger partial charge in [-0.15, -0.1) is 10.2 Å². The molecular weight excluding hydrogens is 570 g/mol. The minimum Gasteiger partial charge on any atom is -0.507 e. The molecule has 1 saturated heterocycles. The maximum Gasteiger partial charge on any atom is 0.301 e. The number of carbonyl (C=O) groups is 2. The van der Waals surface area contributed by atoms with Crippen molar-refractivity contribution in [3.05, 3.63) is 111 Å². The van der Waals surface area contributed by atoms with Crippen LogP contribution in [0.1, 0.15) is 33.9 Å². The minimum absolute atomic E-state index is 0.0329. The zero-order valence-electron chi connectivity index (χ0n) is 20.0. The number of amides is 1. The Morgan fingerprint density at radius 2 is 1.81 bits per heavy atom. The summed E-state index contributed by atoms with van der Waals surface area (Å²) in [5.74, 6) is -0.990. The summed E-state index contributed by atoms with van der Waals surface area (Å²) < 4.78 is 1.47. The van der Waals surface area contributed by atoms with Gasteiger partial charge >= 0.3 is 5.91 Å². The molecule has 4 aromatic rings. The van der Waals surface area contributed by atoms with Crippen LogP contribution < -0.4 is 4.90 Å². The summed E-state index contributed by atoms with van der Waals surface area (Å²) in [5, 5.41) is 20.3. The molecule has 0 spiro atoms. The van der Waals surface area contributed by atoms with Crippen LogP contribution in [0.15, 0.2) is 87.2 Å². The number of benzene rings is 3. The predicted octanol–water partition coefficient (Wildman–Crippen LogP) is 6.84. The summed E-state index contributed by atoms with van der Waals surface area (Å²) in [6.07, 6.45) is 0. The van der Waals surface area contributed by atoms with E-state index < -0.39 is 17.7 Å². The highest BCUT2D eigenvalue weighted by Crippen LogP contribution is 2.44. The van der Waals surface area contributed by atoms with Gasteiger partial charge in [-0.05, 0) is 48.7 Å². The molecule has 37 heavy (non-hydrogen) atoms. The number of hydrogen-bond donors (Lipinski definition) is 1. The molecule has 0 aliphatic carbocycles. The van der Waals surface area contributed by atoms with Gasteiger partial charge in [0.15, 0.2) is 4.34 Å². The highest BCUT2D eigenvalue weighted by molar-refractivity contribution is 9.10. The van der Waals surface area contributed by atoms with Crippen molar-refractivity contribution in [3.8, 4) is 0 Å². The summed E-state index contributed by atoms with van der Waals surface area (Å²) in [7, 11) is 0. The Hall–Kier alpha value is -3.27. The van der Waals surface area contributed by atoms with E-state index in [2.05, 4.69) is 26.1 Å². The Kier molecular flexibility index (Phi) is 7.28. The van der Waals surface area contributed by atoms with Crippen LogP contribution in [0.4, 0.5) is 5.13 Å². The maximum absolute atomic E-state index is 13.4. The summed E-state index contributed by atoms with van der Waals surface area (Å²) >= 11 is 6.26. The van der Waals surface area contributed by atoms with Crippen molar-refractivity contribution in [2.45, 2.75) is 30.0 Å². The first-order valence-electron chi connectivity index (χ1n) is 11.5. The quantitative estimate of drug-likeness (QED) is 0.0869. The molecule has 0 saturated carbocycles. The SMILES string of the molecule is Cc1ccc(C)c(/C(O)=C2\C(=O)C(=O)N(c3nnc(SCc4ccccc4)s3)C2c2cccc(Br)c2)c1. The molecule has 186 valence electrons. The van der Waals surface area contributed by atoms with Gasteiger partial charge in [-0.3, -0.25) is 14.5 Å². The van der Waals surface area contributed by atoms with E-state index in [0.29, 0.717) is 26.4 Å². The van der Waals surface area contributed by atoms with E-state index in [-0.39, 0.29) is 11.3 Å². The lowest BCUT2D eigenvalue weighted by Crippen LogP contribution is -2.29. The van der Waals surface area contributed by atoms with Gasteiger partial charge in [0, 0.05) is 15.8 Å². The van der Waals surface area contributed by atoms with Crippen LogP contribution >= 0.6 is 39.0 Å². The molecule has 1 N–H and O–H groups in total. The molecule has 1 aliphatic heterocycles. The highest BCUT2D eigenvalue weighted by atomic mass is 79.9. The number of carbonyl (C=O) groups excluding carboxylic acids is 2. The van der Waals surface area contributed by atoms with E-state index >= 15 is 0 Å². The third kappa shape index (κ3) is 5.12. The van der Waals surface area contributed by atoms with Gasteiger partial charge in [0.25, 0.3) is 5.78 Å². The monoisotopic (exact) mass is 591 g/mol. The molecular formula is C28H22BrN3O3S2. The fraction of sp³-hybridized carbons (Fsp3) is 0.143. The number of anilines is 1. The Morgan fingerprint density at radius 3 is 2.57 bits per heavy atom. The molecule has 0 radical (unpaired) electrons. The van der Waals surface area contributed by atoms with E-state index in [1.165, 1.54) is 28.0 Å². The highest BCUT2D eigenvalue weighted by Gasteiger charge is 2.48. The molecule has 1 fully saturated rings. The van der Waals surface area contributed by atoms with Gasteiger partial charge in [0.05, 0.1) is 11.6 Å². The Balaban J connectivity index is 1.58.